The third-order valence-electron chi connectivity index (χ3n) is 5.92. The van der Waals surface area contributed by atoms with Crippen LogP contribution in [-0.2, 0) is 11.3 Å². The lowest BCUT2D eigenvalue weighted by molar-refractivity contribution is 0.00174. The molecule has 0 radical (unpaired) electrons. The summed E-state index contributed by atoms with van der Waals surface area (Å²) in [5, 5.41) is 7.16. The van der Waals surface area contributed by atoms with Crippen LogP contribution in [0.5, 0.6) is 0 Å². The molecular weight excluding hydrogens is 302 g/mol. The van der Waals surface area contributed by atoms with Crippen LogP contribution in [0.3, 0.4) is 0 Å². The zero-order valence-electron chi connectivity index (χ0n) is 14.6. The topological polar surface area (TPSA) is 85.1 Å². The first-order chi connectivity index (χ1) is 11.7. The first kappa shape index (κ1) is 16.1. The lowest BCUT2D eigenvalue weighted by Crippen LogP contribution is -2.63. The monoisotopic (exact) mass is 331 g/mol. The summed E-state index contributed by atoms with van der Waals surface area (Å²) in [5.41, 5.74) is 7.17. The molecule has 0 aromatic carbocycles. The number of hydrogen-bond donors (Lipinski definition) is 3. The fourth-order valence-corrected chi connectivity index (χ4v) is 4.41. The van der Waals surface area contributed by atoms with Crippen LogP contribution in [0.2, 0.25) is 0 Å². The minimum absolute atomic E-state index is 0.301. The number of nitrogens with zero attached hydrogens (tertiary/aromatic N) is 2. The van der Waals surface area contributed by atoms with E-state index >= 15 is 0 Å². The molecule has 0 aliphatic heterocycles. The Morgan fingerprint density at radius 3 is 2.58 bits per heavy atom. The molecule has 0 spiro atoms. The Morgan fingerprint density at radius 1 is 1.25 bits per heavy atom. The van der Waals surface area contributed by atoms with Gasteiger partial charge in [0.15, 0.2) is 0 Å². The molecule has 0 amide bonds. The molecule has 4 aliphatic rings. The van der Waals surface area contributed by atoms with Crippen molar-refractivity contribution in [1.82, 2.24) is 9.97 Å². The van der Waals surface area contributed by atoms with Crippen LogP contribution in [0.1, 0.15) is 57.4 Å². The van der Waals surface area contributed by atoms with E-state index in [9.17, 15) is 0 Å². The molecule has 5 rings (SSSR count). The first-order valence-electron chi connectivity index (χ1n) is 9.42. The van der Waals surface area contributed by atoms with Gasteiger partial charge in [-0.05, 0) is 57.8 Å². The molecule has 1 aromatic rings. The average Bonchev–Trinajstić information content (AvgIpc) is 2.52. The van der Waals surface area contributed by atoms with E-state index in [1.165, 1.54) is 19.3 Å². The highest BCUT2D eigenvalue weighted by atomic mass is 16.5. The molecule has 24 heavy (non-hydrogen) atoms. The molecule has 0 saturated heterocycles. The zero-order valence-corrected chi connectivity index (χ0v) is 14.6. The zero-order chi connectivity index (χ0) is 16.6. The lowest BCUT2D eigenvalue weighted by Gasteiger charge is -2.62. The number of rotatable bonds is 7. The van der Waals surface area contributed by atoms with Crippen molar-refractivity contribution in [3.63, 3.8) is 0 Å². The van der Waals surface area contributed by atoms with Crippen molar-refractivity contribution in [2.75, 3.05) is 17.2 Å². The summed E-state index contributed by atoms with van der Waals surface area (Å²) >= 11 is 0. The van der Waals surface area contributed by atoms with Gasteiger partial charge in [-0.3, -0.25) is 0 Å². The third kappa shape index (κ3) is 3.09. The Balaban J connectivity index is 1.38. The maximum Gasteiger partial charge on any atom is 0.224 e. The van der Waals surface area contributed by atoms with Crippen molar-refractivity contribution in [2.45, 2.75) is 76.1 Å². The Kier molecular flexibility index (Phi) is 4.35. The second-order valence-corrected chi connectivity index (χ2v) is 7.73. The molecule has 0 atom stereocenters. The van der Waals surface area contributed by atoms with Crippen molar-refractivity contribution >= 4 is 11.8 Å². The Morgan fingerprint density at radius 2 is 2.00 bits per heavy atom. The predicted molar refractivity (Wildman–Crippen MR) is 94.9 cm³/mol. The highest BCUT2D eigenvalue weighted by molar-refractivity contribution is 5.51. The summed E-state index contributed by atoms with van der Waals surface area (Å²) in [4.78, 5) is 9.21. The number of ether oxygens (including phenoxy) is 1. The van der Waals surface area contributed by atoms with Gasteiger partial charge in [0.1, 0.15) is 5.82 Å². The van der Waals surface area contributed by atoms with Crippen LogP contribution >= 0.6 is 0 Å². The molecule has 4 saturated carbocycles. The number of nitrogens with one attached hydrogen (secondary N) is 2. The van der Waals surface area contributed by atoms with Crippen molar-refractivity contribution in [3.05, 3.63) is 11.8 Å². The van der Waals surface area contributed by atoms with E-state index in [4.69, 9.17) is 15.5 Å². The predicted octanol–water partition coefficient (Wildman–Crippen LogP) is 2.66. The smallest absolute Gasteiger partial charge is 0.224 e. The van der Waals surface area contributed by atoms with E-state index < -0.39 is 0 Å². The maximum absolute atomic E-state index is 5.87. The fourth-order valence-electron chi connectivity index (χ4n) is 4.41. The van der Waals surface area contributed by atoms with Gasteiger partial charge in [0.2, 0.25) is 5.95 Å². The van der Waals surface area contributed by atoms with Crippen molar-refractivity contribution < 1.29 is 4.74 Å². The summed E-state index contributed by atoms with van der Waals surface area (Å²) in [5.74, 6) is 2.59. The van der Waals surface area contributed by atoms with Gasteiger partial charge in [0.05, 0.1) is 6.10 Å². The highest BCUT2D eigenvalue weighted by Crippen LogP contribution is 2.58. The minimum atomic E-state index is 0.301. The van der Waals surface area contributed by atoms with E-state index in [0.29, 0.717) is 24.2 Å². The molecule has 4 fully saturated rings. The van der Waals surface area contributed by atoms with Gasteiger partial charge in [0.25, 0.3) is 0 Å². The largest absolute Gasteiger partial charge is 0.379 e. The molecule has 132 valence electrons. The lowest BCUT2D eigenvalue weighted by atomic mass is 9.50. The van der Waals surface area contributed by atoms with Gasteiger partial charge in [-0.15, -0.1) is 0 Å². The number of aromatic nitrogens is 2. The second kappa shape index (κ2) is 6.48. The number of hydrogen-bond acceptors (Lipinski definition) is 6. The van der Waals surface area contributed by atoms with E-state index in [1.54, 1.807) is 0 Å². The minimum Gasteiger partial charge on any atom is -0.379 e. The van der Waals surface area contributed by atoms with Gasteiger partial charge in [-0.25, -0.2) is 4.98 Å². The van der Waals surface area contributed by atoms with Crippen LogP contribution in [0.4, 0.5) is 11.8 Å². The second-order valence-electron chi connectivity index (χ2n) is 7.73. The Labute approximate surface area is 144 Å². The van der Waals surface area contributed by atoms with Crippen LogP contribution in [0.25, 0.3) is 0 Å². The van der Waals surface area contributed by atoms with Crippen molar-refractivity contribution in [3.8, 4) is 0 Å². The molecule has 6 nitrogen and oxygen atoms in total. The van der Waals surface area contributed by atoms with Crippen LogP contribution in [0.15, 0.2) is 6.20 Å². The maximum atomic E-state index is 5.87. The Bertz CT molecular complexity index is 568. The molecule has 0 unspecified atom stereocenters. The normalized spacial score (nSPS) is 34.2. The molecule has 4 aliphatic carbocycles. The number of nitrogens with two attached hydrogens (primary N) is 1. The number of anilines is 2. The van der Waals surface area contributed by atoms with E-state index in [-0.39, 0.29) is 0 Å². The van der Waals surface area contributed by atoms with Crippen molar-refractivity contribution in [1.29, 1.82) is 0 Å². The molecule has 1 heterocycles. The summed E-state index contributed by atoms with van der Waals surface area (Å²) < 4.78 is 5.73. The fraction of sp³-hybridized carbons (Fsp3) is 0.778. The summed E-state index contributed by atoms with van der Waals surface area (Å²) in [6.07, 6.45) is 10.6. The average molecular weight is 331 g/mol. The Hall–Kier alpha value is -1.40. The van der Waals surface area contributed by atoms with Gasteiger partial charge in [-0.1, -0.05) is 0 Å². The standard InChI is InChI=1S/C18H29N5O/c1-2-24-15-5-3-14(4-6-15)21-17-20-11-13(10-19)16(22-17)23-18-7-12(8-18)9-18/h11-12,14-15H,2-10,19H2,1H3,(H2,20,21,22,23). The molecule has 4 N–H and O–H groups in total. The molecular formula is C18H29N5O. The summed E-state index contributed by atoms with van der Waals surface area (Å²) in [6, 6.07) is 0.438. The summed E-state index contributed by atoms with van der Waals surface area (Å²) in [7, 11) is 0. The van der Waals surface area contributed by atoms with Crippen molar-refractivity contribution in [2.24, 2.45) is 11.7 Å². The molecule has 1 aromatic heterocycles. The van der Waals surface area contributed by atoms with Gasteiger partial charge >= 0.3 is 0 Å². The van der Waals surface area contributed by atoms with Gasteiger partial charge in [0, 0.05) is 36.5 Å². The van der Waals surface area contributed by atoms with Crippen LogP contribution in [-0.4, -0.2) is 34.3 Å². The molecule has 2 bridgehead atoms. The van der Waals surface area contributed by atoms with Gasteiger partial charge in [-0.2, -0.15) is 4.98 Å². The van der Waals surface area contributed by atoms with E-state index in [0.717, 1.165) is 55.5 Å². The third-order valence-corrected chi connectivity index (χ3v) is 5.92. The van der Waals surface area contributed by atoms with E-state index in [1.807, 2.05) is 6.20 Å². The quantitative estimate of drug-likeness (QED) is 0.712. The molecule has 6 heteroatoms. The van der Waals surface area contributed by atoms with Crippen LogP contribution in [0, 0.1) is 5.92 Å². The van der Waals surface area contributed by atoms with Gasteiger partial charge < -0.3 is 21.1 Å². The first-order valence-corrected chi connectivity index (χ1v) is 9.42. The summed E-state index contributed by atoms with van der Waals surface area (Å²) in [6.45, 7) is 3.35. The SMILES string of the molecule is CCOC1CCC(Nc2ncc(CN)c(NC34CC(C3)C4)n2)CC1. The highest BCUT2D eigenvalue weighted by Gasteiger charge is 2.56. The van der Waals surface area contributed by atoms with Crippen LogP contribution < -0.4 is 16.4 Å². The van der Waals surface area contributed by atoms with E-state index in [2.05, 4.69) is 22.5 Å².